The van der Waals surface area contributed by atoms with Crippen LogP contribution in [0.5, 0.6) is 0 Å². The lowest BCUT2D eigenvalue weighted by Gasteiger charge is -2.35. The molecule has 98 valence electrons. The lowest BCUT2D eigenvalue weighted by atomic mass is 10.1. The number of hydrogen-bond donors (Lipinski definition) is 1. The summed E-state index contributed by atoms with van der Waals surface area (Å²) >= 11 is 2.09. The maximum Gasteiger partial charge on any atom is 0.0827 e. The molecule has 3 rings (SSSR count). The summed E-state index contributed by atoms with van der Waals surface area (Å²) < 4.78 is 5.97. The molecule has 3 heterocycles. The summed E-state index contributed by atoms with van der Waals surface area (Å²) in [4.78, 5) is 2.63. The van der Waals surface area contributed by atoms with Gasteiger partial charge in [-0.1, -0.05) is 6.92 Å². The summed E-state index contributed by atoms with van der Waals surface area (Å²) in [6.07, 6.45) is 4.45. The number of fused-ring (bicyclic) bond motifs is 1. The molecule has 0 aromatic carbocycles. The van der Waals surface area contributed by atoms with Crippen molar-refractivity contribution in [3.8, 4) is 0 Å². The predicted molar refractivity (Wildman–Crippen MR) is 72.7 cm³/mol. The molecule has 0 saturated carbocycles. The van der Waals surface area contributed by atoms with Gasteiger partial charge in [-0.3, -0.25) is 4.90 Å². The van der Waals surface area contributed by atoms with E-state index in [9.17, 15) is 0 Å². The van der Waals surface area contributed by atoms with Crippen LogP contribution in [0.2, 0.25) is 0 Å². The molecule has 3 fully saturated rings. The van der Waals surface area contributed by atoms with E-state index < -0.39 is 0 Å². The van der Waals surface area contributed by atoms with Crippen LogP contribution in [0.25, 0.3) is 0 Å². The van der Waals surface area contributed by atoms with Crippen LogP contribution in [0.3, 0.4) is 0 Å². The Kier molecular flexibility index (Phi) is 3.95. The van der Waals surface area contributed by atoms with Gasteiger partial charge in [-0.15, -0.1) is 0 Å². The van der Waals surface area contributed by atoms with Crippen molar-refractivity contribution in [2.45, 2.75) is 49.6 Å². The third-order valence-electron chi connectivity index (χ3n) is 4.29. The molecule has 0 aromatic rings. The molecule has 3 aliphatic heterocycles. The first-order valence-corrected chi connectivity index (χ1v) is 8.07. The summed E-state index contributed by atoms with van der Waals surface area (Å²) in [5.41, 5.74) is 0. The minimum absolute atomic E-state index is 0.422. The zero-order valence-electron chi connectivity index (χ0n) is 10.7. The number of hydrogen-bond acceptors (Lipinski definition) is 4. The molecular weight excluding hydrogens is 232 g/mol. The first-order chi connectivity index (χ1) is 8.31. The SMILES string of the molecule is CC1CC(NCC2CN3CCCC3CO2)CS1. The molecule has 0 spiro atoms. The van der Waals surface area contributed by atoms with Crippen LogP contribution in [-0.4, -0.2) is 60.3 Å². The maximum absolute atomic E-state index is 5.97. The Morgan fingerprint density at radius 2 is 2.41 bits per heavy atom. The largest absolute Gasteiger partial charge is 0.374 e. The standard InChI is InChI=1S/C13H24N2OS/c1-10-5-11(9-17-10)14-6-13-7-15-4-2-3-12(15)8-16-13/h10-14H,2-9H2,1H3. The van der Waals surface area contributed by atoms with Gasteiger partial charge in [-0.25, -0.2) is 0 Å². The molecule has 0 aromatic heterocycles. The molecule has 4 atom stereocenters. The van der Waals surface area contributed by atoms with Crippen LogP contribution in [0.15, 0.2) is 0 Å². The highest BCUT2D eigenvalue weighted by molar-refractivity contribution is 8.00. The fourth-order valence-electron chi connectivity index (χ4n) is 3.27. The zero-order chi connectivity index (χ0) is 11.7. The Morgan fingerprint density at radius 1 is 1.47 bits per heavy atom. The third-order valence-corrected chi connectivity index (χ3v) is 5.65. The van der Waals surface area contributed by atoms with E-state index in [0.29, 0.717) is 6.10 Å². The van der Waals surface area contributed by atoms with Gasteiger partial charge in [0, 0.05) is 36.2 Å². The molecule has 3 saturated heterocycles. The molecule has 0 radical (unpaired) electrons. The van der Waals surface area contributed by atoms with Crippen LogP contribution in [0.1, 0.15) is 26.2 Å². The number of nitrogens with one attached hydrogen (secondary N) is 1. The lowest BCUT2D eigenvalue weighted by Crippen LogP contribution is -2.50. The highest BCUT2D eigenvalue weighted by Crippen LogP contribution is 2.26. The van der Waals surface area contributed by atoms with Crippen molar-refractivity contribution in [3.63, 3.8) is 0 Å². The molecule has 3 aliphatic rings. The van der Waals surface area contributed by atoms with Gasteiger partial charge in [-0.2, -0.15) is 11.8 Å². The summed E-state index contributed by atoms with van der Waals surface area (Å²) in [5.74, 6) is 1.28. The Morgan fingerprint density at radius 3 is 3.24 bits per heavy atom. The summed E-state index contributed by atoms with van der Waals surface area (Å²) in [5, 5.41) is 4.52. The second kappa shape index (κ2) is 5.47. The first-order valence-electron chi connectivity index (χ1n) is 7.02. The first kappa shape index (κ1) is 12.3. The average molecular weight is 256 g/mol. The van der Waals surface area contributed by atoms with Crippen LogP contribution < -0.4 is 5.32 Å². The Bertz CT molecular complexity index is 264. The van der Waals surface area contributed by atoms with Gasteiger partial charge >= 0.3 is 0 Å². The molecule has 0 bridgehead atoms. The quantitative estimate of drug-likeness (QED) is 0.823. The van der Waals surface area contributed by atoms with Gasteiger partial charge in [0.2, 0.25) is 0 Å². The Hall–Kier alpha value is 0.230. The molecule has 1 N–H and O–H groups in total. The van der Waals surface area contributed by atoms with Crippen molar-refractivity contribution in [2.24, 2.45) is 0 Å². The number of thioether (sulfide) groups is 1. The summed E-state index contributed by atoms with van der Waals surface area (Å²) in [6.45, 7) is 6.77. The predicted octanol–water partition coefficient (Wildman–Crippen LogP) is 1.33. The molecule has 4 unspecified atom stereocenters. The number of ether oxygens (including phenoxy) is 1. The van der Waals surface area contributed by atoms with E-state index in [2.05, 4.69) is 28.9 Å². The maximum atomic E-state index is 5.97. The number of morpholine rings is 1. The van der Waals surface area contributed by atoms with E-state index >= 15 is 0 Å². The van der Waals surface area contributed by atoms with Gasteiger partial charge in [-0.05, 0) is 25.8 Å². The minimum atomic E-state index is 0.422. The van der Waals surface area contributed by atoms with Gasteiger partial charge in [0.25, 0.3) is 0 Å². The molecule has 0 aliphatic carbocycles. The highest BCUT2D eigenvalue weighted by atomic mass is 32.2. The molecule has 0 amide bonds. The Labute approximate surface area is 109 Å². The average Bonchev–Trinajstić information content (AvgIpc) is 2.94. The Balaban J connectivity index is 1.40. The monoisotopic (exact) mass is 256 g/mol. The van der Waals surface area contributed by atoms with E-state index in [4.69, 9.17) is 4.74 Å². The molecule has 4 heteroatoms. The van der Waals surface area contributed by atoms with Crippen LogP contribution in [0, 0.1) is 0 Å². The van der Waals surface area contributed by atoms with Crippen molar-refractivity contribution >= 4 is 11.8 Å². The van der Waals surface area contributed by atoms with E-state index in [1.54, 1.807) is 0 Å². The smallest absolute Gasteiger partial charge is 0.0827 e. The van der Waals surface area contributed by atoms with Crippen LogP contribution in [0.4, 0.5) is 0 Å². The zero-order valence-corrected chi connectivity index (χ0v) is 11.5. The van der Waals surface area contributed by atoms with Crippen molar-refractivity contribution in [1.82, 2.24) is 10.2 Å². The number of rotatable bonds is 3. The second-order valence-electron chi connectivity index (χ2n) is 5.73. The number of nitrogens with zero attached hydrogens (tertiary/aromatic N) is 1. The molecule has 3 nitrogen and oxygen atoms in total. The van der Waals surface area contributed by atoms with Gasteiger partial charge in [0.15, 0.2) is 0 Å². The molecular formula is C13H24N2OS. The topological polar surface area (TPSA) is 24.5 Å². The van der Waals surface area contributed by atoms with Crippen molar-refractivity contribution in [1.29, 1.82) is 0 Å². The minimum Gasteiger partial charge on any atom is -0.374 e. The lowest BCUT2D eigenvalue weighted by molar-refractivity contribution is -0.0476. The van der Waals surface area contributed by atoms with Gasteiger partial charge in [0.05, 0.1) is 12.7 Å². The van der Waals surface area contributed by atoms with Gasteiger partial charge in [0.1, 0.15) is 0 Å². The van der Waals surface area contributed by atoms with Crippen molar-refractivity contribution < 1.29 is 4.74 Å². The van der Waals surface area contributed by atoms with E-state index in [-0.39, 0.29) is 0 Å². The van der Waals surface area contributed by atoms with Crippen LogP contribution in [-0.2, 0) is 4.74 Å². The fraction of sp³-hybridized carbons (Fsp3) is 1.00. The second-order valence-corrected chi connectivity index (χ2v) is 7.20. The van der Waals surface area contributed by atoms with Gasteiger partial charge < -0.3 is 10.1 Å². The van der Waals surface area contributed by atoms with Crippen LogP contribution >= 0.6 is 11.8 Å². The fourth-order valence-corrected chi connectivity index (χ4v) is 4.45. The van der Waals surface area contributed by atoms with Crippen molar-refractivity contribution in [2.75, 3.05) is 32.0 Å². The summed E-state index contributed by atoms with van der Waals surface area (Å²) in [7, 11) is 0. The third kappa shape index (κ3) is 2.98. The van der Waals surface area contributed by atoms with Crippen molar-refractivity contribution in [3.05, 3.63) is 0 Å². The van der Waals surface area contributed by atoms with E-state index in [1.165, 1.54) is 31.6 Å². The molecule has 17 heavy (non-hydrogen) atoms. The van der Waals surface area contributed by atoms with E-state index in [1.807, 2.05) is 0 Å². The van der Waals surface area contributed by atoms with E-state index in [0.717, 1.165) is 37.0 Å². The normalized spacial score (nSPS) is 42.9. The summed E-state index contributed by atoms with van der Waals surface area (Å²) in [6, 6.07) is 1.45. The highest BCUT2D eigenvalue weighted by Gasteiger charge is 2.32.